The van der Waals surface area contributed by atoms with Crippen LogP contribution in [0.25, 0.3) is 22.3 Å². The van der Waals surface area contributed by atoms with Crippen LogP contribution >= 0.6 is 0 Å². The summed E-state index contributed by atoms with van der Waals surface area (Å²) in [6.07, 6.45) is 0.898. The predicted molar refractivity (Wildman–Crippen MR) is 85.0 cm³/mol. The molecule has 0 amide bonds. The summed E-state index contributed by atoms with van der Waals surface area (Å²) in [6.45, 7) is 0.720. The van der Waals surface area contributed by atoms with Crippen LogP contribution in [0.4, 0.5) is 5.82 Å². The average molecular weight is 279 g/mol. The molecule has 0 saturated heterocycles. The first kappa shape index (κ1) is 13.5. The standard InChI is InChI=1S/C17H17N3O/c1-21-11-10-12-6-8-13(9-7-12)16-17(18)20-15-5-3-2-4-14(15)19-16/h2-9H,10-11H2,1H3,(H2,18,20). The number of anilines is 1. The van der Waals surface area contributed by atoms with E-state index in [-0.39, 0.29) is 0 Å². The van der Waals surface area contributed by atoms with E-state index < -0.39 is 0 Å². The van der Waals surface area contributed by atoms with Crippen molar-refractivity contribution in [2.24, 2.45) is 0 Å². The molecule has 0 bridgehead atoms. The summed E-state index contributed by atoms with van der Waals surface area (Å²) in [7, 11) is 1.71. The van der Waals surface area contributed by atoms with Gasteiger partial charge in [-0.2, -0.15) is 0 Å². The minimum Gasteiger partial charge on any atom is -0.384 e. The maximum absolute atomic E-state index is 6.04. The second-order valence-electron chi connectivity index (χ2n) is 4.89. The lowest BCUT2D eigenvalue weighted by Gasteiger charge is -2.07. The fourth-order valence-electron chi connectivity index (χ4n) is 2.28. The molecule has 1 aromatic heterocycles. The SMILES string of the molecule is COCCc1ccc(-c2nc3ccccc3nc2N)cc1. The highest BCUT2D eigenvalue weighted by atomic mass is 16.5. The molecule has 1 heterocycles. The maximum Gasteiger partial charge on any atom is 0.150 e. The number of hydrogen-bond donors (Lipinski definition) is 1. The van der Waals surface area contributed by atoms with E-state index in [2.05, 4.69) is 22.1 Å². The lowest BCUT2D eigenvalue weighted by molar-refractivity contribution is 0.202. The number of benzene rings is 2. The first-order valence-electron chi connectivity index (χ1n) is 6.88. The van der Waals surface area contributed by atoms with Crippen LogP contribution in [-0.4, -0.2) is 23.7 Å². The van der Waals surface area contributed by atoms with E-state index in [0.29, 0.717) is 5.82 Å². The molecule has 21 heavy (non-hydrogen) atoms. The normalized spacial score (nSPS) is 10.9. The van der Waals surface area contributed by atoms with Gasteiger partial charge in [0.15, 0.2) is 5.82 Å². The Morgan fingerprint density at radius 3 is 2.29 bits per heavy atom. The number of ether oxygens (including phenoxy) is 1. The lowest BCUT2D eigenvalue weighted by atomic mass is 10.1. The summed E-state index contributed by atoms with van der Waals surface area (Å²) in [5.74, 6) is 0.457. The third-order valence-electron chi connectivity index (χ3n) is 3.42. The van der Waals surface area contributed by atoms with Crippen LogP contribution < -0.4 is 5.73 Å². The van der Waals surface area contributed by atoms with Crippen LogP contribution in [0.1, 0.15) is 5.56 Å². The van der Waals surface area contributed by atoms with E-state index in [9.17, 15) is 0 Å². The van der Waals surface area contributed by atoms with Gasteiger partial charge in [-0.05, 0) is 24.1 Å². The molecule has 4 nitrogen and oxygen atoms in total. The van der Waals surface area contributed by atoms with Gasteiger partial charge in [0.05, 0.1) is 17.6 Å². The molecule has 0 radical (unpaired) electrons. The molecule has 0 atom stereocenters. The Balaban J connectivity index is 1.97. The summed E-state index contributed by atoms with van der Waals surface area (Å²) >= 11 is 0. The summed E-state index contributed by atoms with van der Waals surface area (Å²) < 4.78 is 5.09. The van der Waals surface area contributed by atoms with Crippen molar-refractivity contribution in [3.05, 3.63) is 54.1 Å². The average Bonchev–Trinajstić information content (AvgIpc) is 2.53. The van der Waals surface area contributed by atoms with Gasteiger partial charge >= 0.3 is 0 Å². The zero-order valence-corrected chi connectivity index (χ0v) is 11.9. The molecule has 0 aliphatic rings. The molecule has 0 fully saturated rings. The van der Waals surface area contributed by atoms with Gasteiger partial charge in [0.25, 0.3) is 0 Å². The Morgan fingerprint density at radius 2 is 1.62 bits per heavy atom. The number of hydrogen-bond acceptors (Lipinski definition) is 4. The monoisotopic (exact) mass is 279 g/mol. The van der Waals surface area contributed by atoms with E-state index >= 15 is 0 Å². The molecule has 106 valence electrons. The van der Waals surface area contributed by atoms with Crippen molar-refractivity contribution in [3.63, 3.8) is 0 Å². The van der Waals surface area contributed by atoms with Gasteiger partial charge in [0, 0.05) is 12.7 Å². The quantitative estimate of drug-likeness (QED) is 0.797. The van der Waals surface area contributed by atoms with Gasteiger partial charge < -0.3 is 10.5 Å². The predicted octanol–water partition coefficient (Wildman–Crippen LogP) is 3.07. The fourth-order valence-corrected chi connectivity index (χ4v) is 2.28. The molecule has 0 saturated carbocycles. The third-order valence-corrected chi connectivity index (χ3v) is 3.42. The third kappa shape index (κ3) is 2.85. The fraction of sp³-hybridized carbons (Fsp3) is 0.176. The second-order valence-corrected chi connectivity index (χ2v) is 4.89. The summed E-state index contributed by atoms with van der Waals surface area (Å²) in [5.41, 5.74) is 10.6. The van der Waals surface area contributed by atoms with Gasteiger partial charge in [-0.25, -0.2) is 9.97 Å². The van der Waals surface area contributed by atoms with E-state index in [0.717, 1.165) is 35.3 Å². The maximum atomic E-state index is 6.04. The van der Waals surface area contributed by atoms with Gasteiger partial charge in [-0.1, -0.05) is 36.4 Å². The molecule has 3 rings (SSSR count). The van der Waals surface area contributed by atoms with Crippen LogP contribution in [0, 0.1) is 0 Å². The minimum absolute atomic E-state index is 0.457. The Morgan fingerprint density at radius 1 is 0.952 bits per heavy atom. The molecular formula is C17H17N3O. The van der Waals surface area contributed by atoms with Gasteiger partial charge in [0.2, 0.25) is 0 Å². The molecule has 2 aromatic carbocycles. The van der Waals surface area contributed by atoms with Crippen molar-refractivity contribution in [1.82, 2.24) is 9.97 Å². The summed E-state index contributed by atoms with van der Waals surface area (Å²) in [5, 5.41) is 0. The summed E-state index contributed by atoms with van der Waals surface area (Å²) in [6, 6.07) is 15.9. The molecule has 0 aliphatic heterocycles. The Hall–Kier alpha value is -2.46. The molecular weight excluding hydrogens is 262 g/mol. The number of aromatic nitrogens is 2. The van der Waals surface area contributed by atoms with Gasteiger partial charge in [0.1, 0.15) is 5.69 Å². The first-order chi connectivity index (χ1) is 10.3. The van der Waals surface area contributed by atoms with Crippen LogP contribution in [-0.2, 0) is 11.2 Å². The van der Waals surface area contributed by atoms with Crippen LogP contribution in [0.15, 0.2) is 48.5 Å². The highest BCUT2D eigenvalue weighted by Gasteiger charge is 2.08. The highest BCUT2D eigenvalue weighted by molar-refractivity contribution is 5.82. The van der Waals surface area contributed by atoms with Gasteiger partial charge in [-0.3, -0.25) is 0 Å². The Labute approximate surface area is 123 Å². The van der Waals surface area contributed by atoms with Crippen molar-refractivity contribution in [3.8, 4) is 11.3 Å². The highest BCUT2D eigenvalue weighted by Crippen LogP contribution is 2.25. The first-order valence-corrected chi connectivity index (χ1v) is 6.88. The van der Waals surface area contributed by atoms with Crippen molar-refractivity contribution < 1.29 is 4.74 Å². The molecule has 4 heteroatoms. The molecule has 0 unspecified atom stereocenters. The van der Waals surface area contributed by atoms with Crippen LogP contribution in [0.5, 0.6) is 0 Å². The van der Waals surface area contributed by atoms with Crippen molar-refractivity contribution in [2.75, 3.05) is 19.5 Å². The smallest absolute Gasteiger partial charge is 0.150 e. The number of para-hydroxylation sites is 2. The molecule has 2 N–H and O–H groups in total. The molecule has 0 aliphatic carbocycles. The van der Waals surface area contributed by atoms with Crippen LogP contribution in [0.3, 0.4) is 0 Å². The van der Waals surface area contributed by atoms with Crippen molar-refractivity contribution in [1.29, 1.82) is 0 Å². The Kier molecular flexibility index (Phi) is 3.79. The minimum atomic E-state index is 0.457. The number of rotatable bonds is 4. The number of fused-ring (bicyclic) bond motifs is 1. The van der Waals surface area contributed by atoms with E-state index in [1.54, 1.807) is 7.11 Å². The zero-order valence-electron chi connectivity index (χ0n) is 11.9. The second kappa shape index (κ2) is 5.89. The van der Waals surface area contributed by atoms with Crippen LogP contribution in [0.2, 0.25) is 0 Å². The van der Waals surface area contributed by atoms with Crippen molar-refractivity contribution in [2.45, 2.75) is 6.42 Å². The largest absolute Gasteiger partial charge is 0.384 e. The number of nitrogens with zero attached hydrogens (tertiary/aromatic N) is 2. The Bertz CT molecular complexity index is 754. The lowest BCUT2D eigenvalue weighted by Crippen LogP contribution is -1.99. The van der Waals surface area contributed by atoms with E-state index in [4.69, 9.17) is 10.5 Å². The van der Waals surface area contributed by atoms with Gasteiger partial charge in [-0.15, -0.1) is 0 Å². The van der Waals surface area contributed by atoms with Crippen molar-refractivity contribution >= 4 is 16.9 Å². The van der Waals surface area contributed by atoms with E-state index in [1.165, 1.54) is 5.56 Å². The number of nitrogen functional groups attached to an aromatic ring is 1. The van der Waals surface area contributed by atoms with E-state index in [1.807, 2.05) is 36.4 Å². The topological polar surface area (TPSA) is 61.0 Å². The summed E-state index contributed by atoms with van der Waals surface area (Å²) in [4.78, 5) is 9.04. The number of methoxy groups -OCH3 is 1. The molecule has 3 aromatic rings. The number of nitrogens with two attached hydrogens (primary N) is 1. The zero-order chi connectivity index (χ0) is 14.7. The molecule has 0 spiro atoms.